The van der Waals surface area contributed by atoms with Crippen molar-refractivity contribution in [3.05, 3.63) is 47.2 Å². The summed E-state index contributed by atoms with van der Waals surface area (Å²) < 4.78 is 14.7. The predicted octanol–water partition coefficient (Wildman–Crippen LogP) is 4.45. The molecule has 2 unspecified atom stereocenters. The summed E-state index contributed by atoms with van der Waals surface area (Å²) in [5.41, 5.74) is 2.89. The lowest BCUT2D eigenvalue weighted by Crippen LogP contribution is -2.47. The molecule has 33 heavy (non-hydrogen) atoms. The molecule has 8 heteroatoms. The maximum atomic E-state index is 14.7. The van der Waals surface area contributed by atoms with Crippen molar-refractivity contribution < 1.29 is 9.18 Å². The average molecular weight is 470 g/mol. The fraction of sp³-hybridized carbons (Fsp3) is 0.440. The number of halogens is 2. The van der Waals surface area contributed by atoms with Crippen LogP contribution in [0.4, 0.5) is 10.1 Å². The number of imidazole rings is 1. The van der Waals surface area contributed by atoms with Crippen LogP contribution in [0.3, 0.4) is 0 Å². The largest absolute Gasteiger partial charge is 0.371 e. The first kappa shape index (κ1) is 22.2. The van der Waals surface area contributed by atoms with Crippen LogP contribution in [0.2, 0.25) is 5.02 Å². The van der Waals surface area contributed by atoms with Crippen molar-refractivity contribution in [1.82, 2.24) is 20.2 Å². The summed E-state index contributed by atoms with van der Waals surface area (Å²) in [7, 11) is 2.10. The number of nitrogens with one attached hydrogen (secondary N) is 2. The minimum Gasteiger partial charge on any atom is -0.371 e. The number of fused-ring (bicyclic) bond motifs is 1. The first-order chi connectivity index (χ1) is 15.9. The summed E-state index contributed by atoms with van der Waals surface area (Å²) in [6.45, 7) is 4.72. The molecule has 2 aliphatic rings. The standard InChI is InChI=1S/C25H29ClFN5O/c1-15-21(9-10-31(15)2)30-25(33)16-7-11-32(12-8-16)18-4-5-20(27)19(14-18)24-28-22-6-3-17(26)13-23(22)29-24/h3-6,13-16,21H,7-12H2,1-2H3,(H,28,29)(H,30,33). The molecular weight excluding hydrogens is 441 g/mol. The molecule has 0 bridgehead atoms. The third-order valence-corrected chi connectivity index (χ3v) is 7.51. The van der Waals surface area contributed by atoms with E-state index in [1.54, 1.807) is 18.2 Å². The molecule has 1 aromatic heterocycles. The number of anilines is 1. The Balaban J connectivity index is 1.27. The zero-order valence-electron chi connectivity index (χ0n) is 18.9. The number of carbonyl (C=O) groups is 1. The van der Waals surface area contributed by atoms with E-state index in [2.05, 4.69) is 39.1 Å². The molecule has 5 rings (SSSR count). The summed E-state index contributed by atoms with van der Waals surface area (Å²) in [6, 6.07) is 11.1. The lowest BCUT2D eigenvalue weighted by atomic mass is 9.94. The predicted molar refractivity (Wildman–Crippen MR) is 130 cm³/mol. The van der Waals surface area contributed by atoms with Gasteiger partial charge in [0.15, 0.2) is 0 Å². The van der Waals surface area contributed by atoms with Gasteiger partial charge >= 0.3 is 0 Å². The molecule has 174 valence electrons. The first-order valence-corrected chi connectivity index (χ1v) is 12.0. The third-order valence-electron chi connectivity index (χ3n) is 7.28. The Bertz CT molecular complexity index is 1170. The van der Waals surface area contributed by atoms with Crippen LogP contribution in [0.1, 0.15) is 26.2 Å². The summed E-state index contributed by atoms with van der Waals surface area (Å²) in [5, 5.41) is 3.87. The highest BCUT2D eigenvalue weighted by Gasteiger charge is 2.32. The van der Waals surface area contributed by atoms with Crippen molar-refractivity contribution >= 4 is 34.2 Å². The highest BCUT2D eigenvalue weighted by Crippen LogP contribution is 2.31. The Morgan fingerprint density at radius 3 is 2.67 bits per heavy atom. The molecule has 2 atom stereocenters. The fourth-order valence-corrected chi connectivity index (χ4v) is 5.16. The van der Waals surface area contributed by atoms with E-state index in [4.69, 9.17) is 11.6 Å². The molecule has 3 aromatic rings. The molecule has 1 amide bonds. The third kappa shape index (κ3) is 4.44. The van der Waals surface area contributed by atoms with Crippen LogP contribution in [-0.2, 0) is 4.79 Å². The number of amides is 1. The van der Waals surface area contributed by atoms with E-state index in [9.17, 15) is 9.18 Å². The summed E-state index contributed by atoms with van der Waals surface area (Å²) in [6.07, 6.45) is 2.59. The molecule has 0 aliphatic carbocycles. The number of hydrogen-bond acceptors (Lipinski definition) is 4. The van der Waals surface area contributed by atoms with Gasteiger partial charge in [-0.05, 0) is 69.6 Å². The number of aromatic nitrogens is 2. The van der Waals surface area contributed by atoms with Gasteiger partial charge < -0.3 is 20.1 Å². The summed E-state index contributed by atoms with van der Waals surface area (Å²) in [4.78, 5) is 25.0. The smallest absolute Gasteiger partial charge is 0.223 e. The minimum absolute atomic E-state index is 0.0272. The number of benzene rings is 2. The summed E-state index contributed by atoms with van der Waals surface area (Å²) in [5.74, 6) is 0.354. The average Bonchev–Trinajstić information content (AvgIpc) is 3.37. The quantitative estimate of drug-likeness (QED) is 0.592. The van der Waals surface area contributed by atoms with Crippen molar-refractivity contribution in [2.45, 2.75) is 38.3 Å². The van der Waals surface area contributed by atoms with Crippen LogP contribution in [-0.4, -0.2) is 59.5 Å². The molecule has 2 fully saturated rings. The zero-order chi connectivity index (χ0) is 23.1. The van der Waals surface area contributed by atoms with E-state index < -0.39 is 0 Å². The number of hydrogen-bond donors (Lipinski definition) is 2. The van der Waals surface area contributed by atoms with Crippen LogP contribution >= 0.6 is 11.6 Å². The van der Waals surface area contributed by atoms with E-state index in [0.717, 1.165) is 55.6 Å². The van der Waals surface area contributed by atoms with E-state index in [1.165, 1.54) is 6.07 Å². The van der Waals surface area contributed by atoms with Gasteiger partial charge in [0.2, 0.25) is 5.91 Å². The monoisotopic (exact) mass is 469 g/mol. The molecule has 0 spiro atoms. The van der Waals surface area contributed by atoms with Crippen molar-refractivity contribution in [3.63, 3.8) is 0 Å². The Morgan fingerprint density at radius 1 is 1.15 bits per heavy atom. The Labute approximate surface area is 198 Å². The highest BCUT2D eigenvalue weighted by atomic mass is 35.5. The number of piperidine rings is 1. The van der Waals surface area contributed by atoms with Crippen LogP contribution in [0.25, 0.3) is 22.4 Å². The molecule has 2 saturated heterocycles. The van der Waals surface area contributed by atoms with Crippen LogP contribution in [0, 0.1) is 11.7 Å². The number of aromatic amines is 1. The van der Waals surface area contributed by atoms with Crippen LogP contribution in [0.5, 0.6) is 0 Å². The molecule has 0 saturated carbocycles. The Hall–Kier alpha value is -2.64. The van der Waals surface area contributed by atoms with Gasteiger partial charge in [-0.1, -0.05) is 11.6 Å². The summed E-state index contributed by atoms with van der Waals surface area (Å²) >= 11 is 6.07. The second-order valence-electron chi connectivity index (χ2n) is 9.30. The van der Waals surface area contributed by atoms with Gasteiger partial charge in [-0.15, -0.1) is 0 Å². The van der Waals surface area contributed by atoms with Crippen molar-refractivity contribution in [3.8, 4) is 11.4 Å². The van der Waals surface area contributed by atoms with Gasteiger partial charge in [-0.2, -0.15) is 0 Å². The van der Waals surface area contributed by atoms with E-state index >= 15 is 0 Å². The number of H-pyrrole nitrogens is 1. The molecular formula is C25H29ClFN5O. The van der Waals surface area contributed by atoms with Crippen molar-refractivity contribution in [2.24, 2.45) is 5.92 Å². The SMILES string of the molecule is CC1C(NC(=O)C2CCN(c3ccc(F)c(-c4nc5ccc(Cl)cc5[nH]4)c3)CC2)CCN1C. The molecule has 0 radical (unpaired) electrons. The zero-order valence-corrected chi connectivity index (χ0v) is 19.7. The lowest BCUT2D eigenvalue weighted by molar-refractivity contribution is -0.126. The van der Waals surface area contributed by atoms with Crippen molar-refractivity contribution in [2.75, 3.05) is 31.6 Å². The van der Waals surface area contributed by atoms with Gasteiger partial charge in [-0.3, -0.25) is 4.79 Å². The molecule has 3 heterocycles. The Morgan fingerprint density at radius 2 is 1.94 bits per heavy atom. The van der Waals surface area contributed by atoms with Crippen LogP contribution in [0.15, 0.2) is 36.4 Å². The maximum Gasteiger partial charge on any atom is 0.223 e. The number of likely N-dealkylation sites (N-methyl/N-ethyl adjacent to an activating group) is 1. The lowest BCUT2D eigenvalue weighted by Gasteiger charge is -2.34. The topological polar surface area (TPSA) is 64.3 Å². The second kappa shape index (κ2) is 8.95. The highest BCUT2D eigenvalue weighted by molar-refractivity contribution is 6.31. The van der Waals surface area contributed by atoms with Gasteiger partial charge in [0.25, 0.3) is 0 Å². The number of likely N-dealkylation sites (tertiary alicyclic amines) is 1. The van der Waals surface area contributed by atoms with Gasteiger partial charge in [-0.25, -0.2) is 9.37 Å². The van der Waals surface area contributed by atoms with Gasteiger partial charge in [0, 0.05) is 48.3 Å². The van der Waals surface area contributed by atoms with Crippen LogP contribution < -0.4 is 10.2 Å². The maximum absolute atomic E-state index is 14.7. The van der Waals surface area contributed by atoms with E-state index in [0.29, 0.717) is 22.5 Å². The number of rotatable bonds is 4. The second-order valence-corrected chi connectivity index (χ2v) is 9.73. The number of carbonyl (C=O) groups excluding carboxylic acids is 1. The van der Waals surface area contributed by atoms with Gasteiger partial charge in [0.05, 0.1) is 16.6 Å². The normalized spacial score (nSPS) is 22.2. The van der Waals surface area contributed by atoms with Crippen molar-refractivity contribution in [1.29, 1.82) is 0 Å². The molecule has 6 nitrogen and oxygen atoms in total. The first-order valence-electron chi connectivity index (χ1n) is 11.6. The molecule has 2 aromatic carbocycles. The van der Waals surface area contributed by atoms with E-state index in [-0.39, 0.29) is 23.7 Å². The Kier molecular flexibility index (Phi) is 6.01. The number of nitrogens with zero attached hydrogens (tertiary/aromatic N) is 3. The molecule has 2 aliphatic heterocycles. The fourth-order valence-electron chi connectivity index (χ4n) is 4.99. The van der Waals surface area contributed by atoms with Gasteiger partial charge in [0.1, 0.15) is 11.6 Å². The van der Waals surface area contributed by atoms with E-state index in [1.807, 2.05) is 12.1 Å². The minimum atomic E-state index is -0.325. The molecule has 2 N–H and O–H groups in total.